The van der Waals surface area contributed by atoms with Gasteiger partial charge in [-0.25, -0.2) is 9.97 Å². The molecule has 1 aromatic carbocycles. The van der Waals surface area contributed by atoms with Crippen molar-refractivity contribution >= 4 is 0 Å². The number of benzene rings is 1. The Kier molecular flexibility index (Phi) is 4.09. The Hall–Kier alpha value is -2.53. The van der Waals surface area contributed by atoms with Crippen LogP contribution in [-0.2, 0) is 25.9 Å². The van der Waals surface area contributed by atoms with Crippen LogP contribution in [0.3, 0.4) is 0 Å². The molecule has 0 atom stereocenters. The van der Waals surface area contributed by atoms with Gasteiger partial charge in [0, 0.05) is 37.3 Å². The van der Waals surface area contributed by atoms with Gasteiger partial charge in [0.1, 0.15) is 11.5 Å². The second-order valence-corrected chi connectivity index (χ2v) is 6.12. The summed E-state index contributed by atoms with van der Waals surface area (Å²) in [7, 11) is 0. The van der Waals surface area contributed by atoms with Crippen LogP contribution in [0.2, 0.25) is 0 Å². The number of nitrogens with zero attached hydrogens (tertiary/aromatic N) is 4. The van der Waals surface area contributed by atoms with E-state index in [1.807, 2.05) is 42.6 Å². The molecule has 0 unspecified atom stereocenters. The maximum atomic E-state index is 5.53. The van der Waals surface area contributed by atoms with Gasteiger partial charge in [-0.15, -0.1) is 0 Å². The summed E-state index contributed by atoms with van der Waals surface area (Å²) in [6.07, 6.45) is 3.84. The Morgan fingerprint density at radius 1 is 1.21 bits per heavy atom. The molecular formula is C19H20N4O. The zero-order chi connectivity index (χ0) is 16.4. The first-order chi connectivity index (χ1) is 11.8. The monoisotopic (exact) mass is 320 g/mol. The van der Waals surface area contributed by atoms with Crippen LogP contribution in [0, 0.1) is 0 Å². The van der Waals surface area contributed by atoms with Gasteiger partial charge < -0.3 is 4.52 Å². The largest absolute Gasteiger partial charge is 0.359 e. The van der Waals surface area contributed by atoms with Gasteiger partial charge in [-0.1, -0.05) is 42.4 Å². The molecule has 2 aromatic heterocycles. The lowest BCUT2D eigenvalue weighted by atomic mass is 10.1. The number of hydrogen-bond donors (Lipinski definition) is 0. The van der Waals surface area contributed by atoms with Gasteiger partial charge in [0.2, 0.25) is 0 Å². The lowest BCUT2D eigenvalue weighted by Crippen LogP contribution is -2.31. The standard InChI is InChI=1S/C19H20N4O/c1-2-19-20-11-15-8-9-23(13-18(15)21-19)12-16-10-17(22-24-16)14-6-4-3-5-7-14/h3-7,10-11H,2,8-9,12-13H2,1H3. The summed E-state index contributed by atoms with van der Waals surface area (Å²) in [5.41, 5.74) is 4.39. The second-order valence-electron chi connectivity index (χ2n) is 6.12. The molecule has 0 amide bonds. The summed E-state index contributed by atoms with van der Waals surface area (Å²) in [4.78, 5) is 11.4. The fourth-order valence-corrected chi connectivity index (χ4v) is 3.06. The van der Waals surface area contributed by atoms with Crippen molar-refractivity contribution in [3.8, 4) is 11.3 Å². The minimum atomic E-state index is 0.755. The Morgan fingerprint density at radius 2 is 2.08 bits per heavy atom. The Bertz CT molecular complexity index is 828. The van der Waals surface area contributed by atoms with Crippen molar-refractivity contribution in [2.24, 2.45) is 0 Å². The van der Waals surface area contributed by atoms with Crippen LogP contribution in [0.1, 0.15) is 29.8 Å². The van der Waals surface area contributed by atoms with E-state index in [9.17, 15) is 0 Å². The third-order valence-corrected chi connectivity index (χ3v) is 4.40. The molecule has 0 saturated heterocycles. The SMILES string of the molecule is CCc1ncc2c(n1)CN(Cc1cc(-c3ccccc3)no1)CC2. The third kappa shape index (κ3) is 3.08. The highest BCUT2D eigenvalue weighted by Crippen LogP contribution is 2.22. The molecule has 3 aromatic rings. The van der Waals surface area contributed by atoms with Crippen molar-refractivity contribution in [3.05, 3.63) is 65.4 Å². The molecule has 4 rings (SSSR count). The van der Waals surface area contributed by atoms with E-state index >= 15 is 0 Å². The average Bonchev–Trinajstić information content (AvgIpc) is 3.10. The van der Waals surface area contributed by atoms with Crippen molar-refractivity contribution < 1.29 is 4.52 Å². The highest BCUT2D eigenvalue weighted by molar-refractivity contribution is 5.58. The molecule has 122 valence electrons. The lowest BCUT2D eigenvalue weighted by Gasteiger charge is -2.26. The minimum absolute atomic E-state index is 0.755. The minimum Gasteiger partial charge on any atom is -0.359 e. The molecule has 3 heterocycles. The van der Waals surface area contributed by atoms with Crippen molar-refractivity contribution in [1.82, 2.24) is 20.0 Å². The first kappa shape index (κ1) is 15.0. The molecule has 0 spiro atoms. The molecule has 5 nitrogen and oxygen atoms in total. The van der Waals surface area contributed by atoms with E-state index in [4.69, 9.17) is 4.52 Å². The smallest absolute Gasteiger partial charge is 0.151 e. The number of fused-ring (bicyclic) bond motifs is 1. The van der Waals surface area contributed by atoms with E-state index in [2.05, 4.69) is 26.9 Å². The zero-order valence-electron chi connectivity index (χ0n) is 13.8. The fraction of sp³-hybridized carbons (Fsp3) is 0.316. The first-order valence-corrected chi connectivity index (χ1v) is 8.39. The average molecular weight is 320 g/mol. The summed E-state index contributed by atoms with van der Waals surface area (Å²) >= 11 is 0. The van der Waals surface area contributed by atoms with Crippen LogP contribution >= 0.6 is 0 Å². The van der Waals surface area contributed by atoms with E-state index in [-0.39, 0.29) is 0 Å². The second kappa shape index (κ2) is 6.53. The molecule has 1 aliphatic rings. The molecule has 0 saturated carbocycles. The number of hydrogen-bond acceptors (Lipinski definition) is 5. The maximum Gasteiger partial charge on any atom is 0.151 e. The van der Waals surface area contributed by atoms with E-state index in [0.29, 0.717) is 0 Å². The van der Waals surface area contributed by atoms with Crippen molar-refractivity contribution in [1.29, 1.82) is 0 Å². The Balaban J connectivity index is 1.47. The molecular weight excluding hydrogens is 300 g/mol. The Labute approximate surface area is 141 Å². The molecule has 24 heavy (non-hydrogen) atoms. The molecule has 0 radical (unpaired) electrons. The maximum absolute atomic E-state index is 5.53. The number of rotatable bonds is 4. The topological polar surface area (TPSA) is 55.1 Å². The quantitative estimate of drug-likeness (QED) is 0.738. The van der Waals surface area contributed by atoms with Crippen LogP contribution in [0.5, 0.6) is 0 Å². The molecule has 0 fully saturated rings. The highest BCUT2D eigenvalue weighted by atomic mass is 16.5. The van der Waals surface area contributed by atoms with Gasteiger partial charge in [-0.3, -0.25) is 4.90 Å². The van der Waals surface area contributed by atoms with Crippen molar-refractivity contribution in [2.75, 3.05) is 6.54 Å². The van der Waals surface area contributed by atoms with E-state index in [1.54, 1.807) is 0 Å². The molecule has 5 heteroatoms. The van der Waals surface area contributed by atoms with E-state index in [1.165, 1.54) is 5.56 Å². The summed E-state index contributed by atoms with van der Waals surface area (Å²) in [5, 5.41) is 4.20. The predicted molar refractivity (Wildman–Crippen MR) is 91.2 cm³/mol. The van der Waals surface area contributed by atoms with Crippen LogP contribution in [0.4, 0.5) is 0 Å². The van der Waals surface area contributed by atoms with Gasteiger partial charge >= 0.3 is 0 Å². The fourth-order valence-electron chi connectivity index (χ4n) is 3.06. The first-order valence-electron chi connectivity index (χ1n) is 8.39. The van der Waals surface area contributed by atoms with Gasteiger partial charge in [0.15, 0.2) is 5.76 Å². The molecule has 0 bridgehead atoms. The molecule has 1 aliphatic heterocycles. The van der Waals surface area contributed by atoms with Crippen LogP contribution in [-0.4, -0.2) is 26.6 Å². The van der Waals surface area contributed by atoms with Crippen LogP contribution in [0.15, 0.2) is 47.1 Å². The summed E-state index contributed by atoms with van der Waals surface area (Å²) < 4.78 is 5.53. The lowest BCUT2D eigenvalue weighted by molar-refractivity contribution is 0.211. The van der Waals surface area contributed by atoms with Gasteiger partial charge in [-0.2, -0.15) is 0 Å². The van der Waals surface area contributed by atoms with E-state index < -0.39 is 0 Å². The van der Waals surface area contributed by atoms with Crippen molar-refractivity contribution in [3.63, 3.8) is 0 Å². The van der Waals surface area contributed by atoms with Crippen LogP contribution in [0.25, 0.3) is 11.3 Å². The van der Waals surface area contributed by atoms with E-state index in [0.717, 1.165) is 61.0 Å². The Morgan fingerprint density at radius 3 is 2.92 bits per heavy atom. The highest BCUT2D eigenvalue weighted by Gasteiger charge is 2.20. The zero-order valence-corrected chi connectivity index (χ0v) is 13.8. The molecule has 0 aliphatic carbocycles. The number of aromatic nitrogens is 3. The summed E-state index contributed by atoms with van der Waals surface area (Å²) in [5.74, 6) is 1.81. The van der Waals surface area contributed by atoms with Gasteiger partial charge in [-0.05, 0) is 12.0 Å². The van der Waals surface area contributed by atoms with Crippen LogP contribution < -0.4 is 0 Å². The predicted octanol–water partition coefficient (Wildman–Crippen LogP) is 3.25. The summed E-state index contributed by atoms with van der Waals surface area (Å²) in [6.45, 7) is 4.67. The summed E-state index contributed by atoms with van der Waals surface area (Å²) in [6, 6.07) is 12.1. The number of aryl methyl sites for hydroxylation is 1. The van der Waals surface area contributed by atoms with Gasteiger partial charge in [0.25, 0.3) is 0 Å². The van der Waals surface area contributed by atoms with Crippen molar-refractivity contribution in [2.45, 2.75) is 32.9 Å². The molecule has 0 N–H and O–H groups in total. The third-order valence-electron chi connectivity index (χ3n) is 4.40. The van der Waals surface area contributed by atoms with Gasteiger partial charge in [0.05, 0.1) is 12.2 Å². The normalized spacial score (nSPS) is 14.5.